The minimum Gasteiger partial charge on any atom is -0.382 e. The highest BCUT2D eigenvalue weighted by atomic mass is 127. The van der Waals surface area contributed by atoms with Crippen LogP contribution in [-0.2, 0) is 16.0 Å². The molecule has 1 atom stereocenters. The first-order valence-electron chi connectivity index (χ1n) is 9.50. The van der Waals surface area contributed by atoms with Crippen LogP contribution in [0.25, 0.3) is 0 Å². The van der Waals surface area contributed by atoms with Crippen molar-refractivity contribution in [2.45, 2.75) is 19.9 Å². The maximum atomic E-state index is 5.69. The number of benzene rings is 1. The van der Waals surface area contributed by atoms with Crippen molar-refractivity contribution < 1.29 is 9.47 Å². The summed E-state index contributed by atoms with van der Waals surface area (Å²) < 4.78 is 10.7. The fourth-order valence-electron chi connectivity index (χ4n) is 3.04. The predicted octanol–water partition coefficient (Wildman–Crippen LogP) is 2.82. The van der Waals surface area contributed by atoms with Crippen molar-refractivity contribution in [1.82, 2.24) is 10.2 Å². The first kappa shape index (κ1) is 24.0. The molecule has 0 aliphatic carbocycles. The molecular weight excluding hydrogens is 455 g/mol. The van der Waals surface area contributed by atoms with Gasteiger partial charge in [-0.3, -0.25) is 0 Å². The van der Waals surface area contributed by atoms with Crippen molar-refractivity contribution in [3.05, 3.63) is 29.8 Å². The SMILES string of the molecule is CCNC(=NCc1ccc(N(C)C)cc1)N1CCC(COCCOC)C1.I. The second kappa shape index (κ2) is 13.2. The maximum Gasteiger partial charge on any atom is 0.194 e. The minimum absolute atomic E-state index is 0. The van der Waals surface area contributed by atoms with Crippen molar-refractivity contribution in [3.63, 3.8) is 0 Å². The number of hydrogen-bond donors (Lipinski definition) is 1. The summed E-state index contributed by atoms with van der Waals surface area (Å²) in [6, 6.07) is 8.58. The van der Waals surface area contributed by atoms with Crippen LogP contribution in [0.15, 0.2) is 29.3 Å². The normalized spacial score (nSPS) is 17.0. The monoisotopic (exact) mass is 490 g/mol. The Balaban J connectivity index is 0.00000364. The quantitative estimate of drug-likeness (QED) is 0.250. The molecule has 0 saturated carbocycles. The molecule has 0 amide bonds. The van der Waals surface area contributed by atoms with Crippen LogP contribution in [0.4, 0.5) is 5.69 Å². The second-order valence-electron chi connectivity index (χ2n) is 6.90. The third-order valence-corrected chi connectivity index (χ3v) is 4.57. The number of nitrogens with one attached hydrogen (secondary N) is 1. The molecule has 1 N–H and O–H groups in total. The van der Waals surface area contributed by atoms with E-state index in [1.807, 2.05) is 0 Å². The van der Waals surface area contributed by atoms with Crippen LogP contribution < -0.4 is 10.2 Å². The molecule has 6 nitrogen and oxygen atoms in total. The van der Waals surface area contributed by atoms with Crippen LogP contribution in [0.2, 0.25) is 0 Å². The summed E-state index contributed by atoms with van der Waals surface area (Å²) in [5.74, 6) is 1.57. The topological polar surface area (TPSA) is 49.3 Å². The van der Waals surface area contributed by atoms with Gasteiger partial charge in [-0.2, -0.15) is 0 Å². The number of nitrogens with zero attached hydrogens (tertiary/aromatic N) is 3. The summed E-state index contributed by atoms with van der Waals surface area (Å²) in [6.45, 7) is 7.85. The highest BCUT2D eigenvalue weighted by Crippen LogP contribution is 2.17. The summed E-state index contributed by atoms with van der Waals surface area (Å²) in [7, 11) is 5.81. The van der Waals surface area contributed by atoms with Gasteiger partial charge in [0.1, 0.15) is 0 Å². The average Bonchev–Trinajstić information content (AvgIpc) is 3.11. The van der Waals surface area contributed by atoms with Gasteiger partial charge in [-0.1, -0.05) is 12.1 Å². The molecule has 1 heterocycles. The zero-order valence-corrected chi connectivity index (χ0v) is 19.4. The number of halogens is 1. The standard InChI is InChI=1S/C20H34N4O2.HI/c1-5-21-20(22-14-17-6-8-19(9-7-17)23(2)3)24-11-10-18(15-24)16-26-13-12-25-4;/h6-9,18H,5,10-16H2,1-4H3,(H,21,22);1H. The fraction of sp³-hybridized carbons (Fsp3) is 0.650. The van der Waals surface area contributed by atoms with E-state index in [-0.39, 0.29) is 24.0 Å². The molecule has 1 fully saturated rings. The Morgan fingerprint density at radius 3 is 2.63 bits per heavy atom. The zero-order chi connectivity index (χ0) is 18.8. The van der Waals surface area contributed by atoms with E-state index in [4.69, 9.17) is 14.5 Å². The van der Waals surface area contributed by atoms with Gasteiger partial charge in [-0.05, 0) is 31.0 Å². The summed E-state index contributed by atoms with van der Waals surface area (Å²) in [5, 5.41) is 3.43. The Morgan fingerprint density at radius 1 is 1.26 bits per heavy atom. The van der Waals surface area contributed by atoms with Crippen LogP contribution >= 0.6 is 24.0 Å². The first-order valence-corrected chi connectivity index (χ1v) is 9.50. The zero-order valence-electron chi connectivity index (χ0n) is 17.1. The van der Waals surface area contributed by atoms with Gasteiger partial charge in [0, 0.05) is 52.4 Å². The molecule has 1 aromatic carbocycles. The largest absolute Gasteiger partial charge is 0.382 e. The highest BCUT2D eigenvalue weighted by Gasteiger charge is 2.24. The Morgan fingerprint density at radius 2 is 2.00 bits per heavy atom. The average molecular weight is 490 g/mol. The number of ether oxygens (including phenoxy) is 2. The van der Waals surface area contributed by atoms with Gasteiger partial charge < -0.3 is 24.6 Å². The lowest BCUT2D eigenvalue weighted by Gasteiger charge is -2.22. The van der Waals surface area contributed by atoms with E-state index >= 15 is 0 Å². The lowest BCUT2D eigenvalue weighted by Crippen LogP contribution is -2.40. The van der Waals surface area contributed by atoms with E-state index in [2.05, 4.69) is 60.4 Å². The van der Waals surface area contributed by atoms with Crippen LogP contribution in [0.1, 0.15) is 18.9 Å². The Kier molecular flexibility index (Phi) is 11.7. The molecule has 154 valence electrons. The maximum absolute atomic E-state index is 5.69. The van der Waals surface area contributed by atoms with Gasteiger partial charge in [-0.15, -0.1) is 24.0 Å². The van der Waals surface area contributed by atoms with Crippen molar-refractivity contribution in [1.29, 1.82) is 0 Å². The third kappa shape index (κ3) is 8.23. The second-order valence-corrected chi connectivity index (χ2v) is 6.90. The summed E-state index contributed by atoms with van der Waals surface area (Å²) in [4.78, 5) is 9.30. The highest BCUT2D eigenvalue weighted by molar-refractivity contribution is 14.0. The van der Waals surface area contributed by atoms with Gasteiger partial charge >= 0.3 is 0 Å². The number of anilines is 1. The van der Waals surface area contributed by atoms with E-state index < -0.39 is 0 Å². The molecule has 1 aromatic rings. The molecule has 0 radical (unpaired) electrons. The molecule has 1 saturated heterocycles. The van der Waals surface area contributed by atoms with Crippen LogP contribution in [-0.4, -0.2) is 71.5 Å². The summed E-state index contributed by atoms with van der Waals surface area (Å²) >= 11 is 0. The van der Waals surface area contributed by atoms with E-state index in [1.54, 1.807) is 7.11 Å². The minimum atomic E-state index is 0. The molecule has 1 unspecified atom stereocenters. The van der Waals surface area contributed by atoms with Crippen molar-refractivity contribution in [3.8, 4) is 0 Å². The predicted molar refractivity (Wildman–Crippen MR) is 123 cm³/mol. The fourth-order valence-corrected chi connectivity index (χ4v) is 3.04. The molecular formula is C20H35IN4O2. The lowest BCUT2D eigenvalue weighted by atomic mass is 10.1. The van der Waals surface area contributed by atoms with Gasteiger partial charge in [0.25, 0.3) is 0 Å². The van der Waals surface area contributed by atoms with Gasteiger partial charge in [-0.25, -0.2) is 4.99 Å². The molecule has 1 aliphatic heterocycles. The number of rotatable bonds is 9. The number of likely N-dealkylation sites (tertiary alicyclic amines) is 1. The summed E-state index contributed by atoms with van der Waals surface area (Å²) in [5.41, 5.74) is 2.44. The van der Waals surface area contributed by atoms with E-state index in [9.17, 15) is 0 Å². The Hall–Kier alpha value is -1.06. The lowest BCUT2D eigenvalue weighted by molar-refractivity contribution is 0.0536. The van der Waals surface area contributed by atoms with Gasteiger partial charge in [0.15, 0.2) is 5.96 Å². The molecule has 27 heavy (non-hydrogen) atoms. The van der Waals surface area contributed by atoms with E-state index in [0.717, 1.165) is 38.6 Å². The number of methoxy groups -OCH3 is 1. The van der Waals surface area contributed by atoms with Crippen molar-refractivity contribution in [2.24, 2.45) is 10.9 Å². The van der Waals surface area contributed by atoms with Crippen molar-refractivity contribution in [2.75, 3.05) is 65.6 Å². The molecule has 0 aromatic heterocycles. The first-order chi connectivity index (χ1) is 12.6. The smallest absolute Gasteiger partial charge is 0.194 e. The molecule has 1 aliphatic rings. The summed E-state index contributed by atoms with van der Waals surface area (Å²) in [6.07, 6.45) is 1.15. The number of aliphatic imine (C=N–C) groups is 1. The van der Waals surface area contributed by atoms with Crippen LogP contribution in [0, 0.1) is 5.92 Å². The van der Waals surface area contributed by atoms with Crippen molar-refractivity contribution >= 4 is 35.6 Å². The molecule has 0 bridgehead atoms. The van der Waals surface area contributed by atoms with Crippen LogP contribution in [0.3, 0.4) is 0 Å². The van der Waals surface area contributed by atoms with Gasteiger partial charge in [0.2, 0.25) is 0 Å². The third-order valence-electron chi connectivity index (χ3n) is 4.57. The number of guanidine groups is 1. The number of hydrogen-bond acceptors (Lipinski definition) is 4. The van der Waals surface area contributed by atoms with Crippen LogP contribution in [0.5, 0.6) is 0 Å². The molecule has 7 heteroatoms. The van der Waals surface area contributed by atoms with E-state index in [0.29, 0.717) is 25.7 Å². The Labute approximate surface area is 181 Å². The molecule has 0 spiro atoms. The molecule has 2 rings (SSSR count). The van der Waals surface area contributed by atoms with Gasteiger partial charge in [0.05, 0.1) is 26.4 Å². The Bertz CT molecular complexity index is 551. The van der Waals surface area contributed by atoms with E-state index in [1.165, 1.54) is 11.3 Å².